The second-order valence-corrected chi connectivity index (χ2v) is 5.85. The smallest absolute Gasteiger partial charge is 0.251 e. The highest BCUT2D eigenvalue weighted by Crippen LogP contribution is 1.97. The van der Waals surface area contributed by atoms with E-state index >= 15 is 0 Å². The highest BCUT2D eigenvalue weighted by atomic mass is 32.2. The van der Waals surface area contributed by atoms with E-state index in [1.54, 1.807) is 30.3 Å². The van der Waals surface area contributed by atoms with Gasteiger partial charge in [0.2, 0.25) is 15.9 Å². The van der Waals surface area contributed by atoms with E-state index in [4.69, 9.17) is 5.14 Å². The summed E-state index contributed by atoms with van der Waals surface area (Å²) in [5, 5.41) is 9.77. The molecular weight excluding hydrogens is 282 g/mol. The Balaban J connectivity index is 2.22. The Morgan fingerprint density at radius 2 is 1.75 bits per heavy atom. The second-order valence-electron chi connectivity index (χ2n) is 4.12. The standard InChI is InChI=1S/C12H17N3O4S/c13-20(18,19)8-4-7-14-11(16)9-15-12(17)10-5-2-1-3-6-10/h1-3,5-6H,4,7-9H2,(H,14,16)(H,15,17)(H2,13,18,19). The summed E-state index contributed by atoms with van der Waals surface area (Å²) in [5.74, 6) is -0.919. The van der Waals surface area contributed by atoms with Crippen molar-refractivity contribution in [3.05, 3.63) is 35.9 Å². The maximum atomic E-state index is 11.6. The fourth-order valence-corrected chi connectivity index (χ4v) is 1.96. The summed E-state index contributed by atoms with van der Waals surface area (Å²) in [6, 6.07) is 8.51. The van der Waals surface area contributed by atoms with Crippen LogP contribution in [0, 0.1) is 0 Å². The Bertz CT molecular complexity index is 557. The lowest BCUT2D eigenvalue weighted by Gasteiger charge is -2.06. The molecule has 1 aromatic rings. The largest absolute Gasteiger partial charge is 0.355 e. The van der Waals surface area contributed by atoms with Crippen LogP contribution in [0.3, 0.4) is 0 Å². The number of sulfonamides is 1. The highest BCUT2D eigenvalue weighted by Gasteiger charge is 2.07. The van der Waals surface area contributed by atoms with Gasteiger partial charge in [-0.1, -0.05) is 18.2 Å². The number of primary sulfonamides is 1. The molecule has 0 spiro atoms. The molecule has 7 nitrogen and oxygen atoms in total. The van der Waals surface area contributed by atoms with Crippen LogP contribution in [-0.2, 0) is 14.8 Å². The Morgan fingerprint density at radius 3 is 2.35 bits per heavy atom. The van der Waals surface area contributed by atoms with Gasteiger partial charge in [-0.25, -0.2) is 13.6 Å². The number of carbonyl (C=O) groups is 2. The molecule has 0 aliphatic heterocycles. The van der Waals surface area contributed by atoms with Crippen LogP contribution in [0.1, 0.15) is 16.8 Å². The first-order chi connectivity index (χ1) is 9.38. The summed E-state index contributed by atoms with van der Waals surface area (Å²) in [6.07, 6.45) is 0.233. The van der Waals surface area contributed by atoms with Crippen molar-refractivity contribution >= 4 is 21.8 Å². The fourth-order valence-electron chi connectivity index (χ4n) is 1.42. The van der Waals surface area contributed by atoms with Crippen LogP contribution >= 0.6 is 0 Å². The summed E-state index contributed by atoms with van der Waals surface area (Å²) >= 11 is 0. The van der Waals surface area contributed by atoms with E-state index in [0.29, 0.717) is 5.56 Å². The normalized spacial score (nSPS) is 10.8. The molecule has 0 saturated heterocycles. The maximum absolute atomic E-state index is 11.6. The summed E-state index contributed by atoms with van der Waals surface area (Å²) < 4.78 is 21.3. The molecule has 8 heteroatoms. The number of hydrogen-bond donors (Lipinski definition) is 3. The van der Waals surface area contributed by atoms with Gasteiger partial charge < -0.3 is 10.6 Å². The summed E-state index contributed by atoms with van der Waals surface area (Å²) in [5.41, 5.74) is 0.467. The molecule has 0 atom stereocenters. The van der Waals surface area contributed by atoms with Gasteiger partial charge in [-0.15, -0.1) is 0 Å². The highest BCUT2D eigenvalue weighted by molar-refractivity contribution is 7.89. The van der Waals surface area contributed by atoms with Gasteiger partial charge in [0.1, 0.15) is 0 Å². The van der Waals surface area contributed by atoms with Crippen LogP contribution in [0.5, 0.6) is 0 Å². The van der Waals surface area contributed by atoms with E-state index in [-0.39, 0.29) is 37.1 Å². The molecule has 110 valence electrons. The van der Waals surface area contributed by atoms with Crippen LogP contribution in [-0.4, -0.2) is 39.1 Å². The van der Waals surface area contributed by atoms with Crippen LogP contribution < -0.4 is 15.8 Å². The third-order valence-electron chi connectivity index (χ3n) is 2.37. The predicted molar refractivity (Wildman–Crippen MR) is 74.4 cm³/mol. The van der Waals surface area contributed by atoms with Crippen molar-refractivity contribution in [3.8, 4) is 0 Å². The zero-order valence-corrected chi connectivity index (χ0v) is 11.7. The van der Waals surface area contributed by atoms with Crippen molar-refractivity contribution in [2.45, 2.75) is 6.42 Å². The van der Waals surface area contributed by atoms with E-state index in [1.807, 2.05) is 0 Å². The summed E-state index contributed by atoms with van der Waals surface area (Å²) in [6.45, 7) is 0.0274. The van der Waals surface area contributed by atoms with Crippen molar-refractivity contribution in [2.75, 3.05) is 18.8 Å². The summed E-state index contributed by atoms with van der Waals surface area (Å²) in [4.78, 5) is 23.0. The summed E-state index contributed by atoms with van der Waals surface area (Å²) in [7, 11) is -3.50. The number of hydrogen-bond acceptors (Lipinski definition) is 4. The first-order valence-electron chi connectivity index (χ1n) is 5.99. The average molecular weight is 299 g/mol. The first-order valence-corrected chi connectivity index (χ1v) is 7.70. The minimum Gasteiger partial charge on any atom is -0.355 e. The SMILES string of the molecule is NS(=O)(=O)CCCNC(=O)CNC(=O)c1ccccc1. The van der Waals surface area contributed by atoms with Gasteiger partial charge in [-0.3, -0.25) is 9.59 Å². The van der Waals surface area contributed by atoms with E-state index in [9.17, 15) is 18.0 Å². The van der Waals surface area contributed by atoms with Gasteiger partial charge >= 0.3 is 0 Å². The Labute approximate surface area is 117 Å². The lowest BCUT2D eigenvalue weighted by molar-refractivity contribution is -0.120. The third kappa shape index (κ3) is 6.86. The molecule has 0 unspecified atom stereocenters. The lowest BCUT2D eigenvalue weighted by Crippen LogP contribution is -2.37. The quantitative estimate of drug-likeness (QED) is 0.572. The molecule has 0 bridgehead atoms. The number of benzene rings is 1. The monoisotopic (exact) mass is 299 g/mol. The van der Waals surface area contributed by atoms with E-state index in [0.717, 1.165) is 0 Å². The van der Waals surface area contributed by atoms with Gasteiger partial charge in [-0.05, 0) is 18.6 Å². The Morgan fingerprint density at radius 1 is 1.10 bits per heavy atom. The molecule has 0 aromatic heterocycles. The van der Waals surface area contributed by atoms with Crippen LogP contribution in [0.2, 0.25) is 0 Å². The van der Waals surface area contributed by atoms with Crippen molar-refractivity contribution in [3.63, 3.8) is 0 Å². The average Bonchev–Trinajstić information content (AvgIpc) is 2.41. The number of nitrogens with one attached hydrogen (secondary N) is 2. The zero-order chi connectivity index (χ0) is 15.0. The topological polar surface area (TPSA) is 118 Å². The van der Waals surface area contributed by atoms with Crippen molar-refractivity contribution in [1.29, 1.82) is 0 Å². The van der Waals surface area contributed by atoms with Crippen molar-refractivity contribution in [2.24, 2.45) is 5.14 Å². The molecule has 4 N–H and O–H groups in total. The van der Waals surface area contributed by atoms with Crippen molar-refractivity contribution < 1.29 is 18.0 Å². The molecule has 0 heterocycles. The van der Waals surface area contributed by atoms with Gasteiger partial charge in [0.15, 0.2) is 0 Å². The van der Waals surface area contributed by atoms with E-state index in [2.05, 4.69) is 10.6 Å². The number of carbonyl (C=O) groups excluding carboxylic acids is 2. The minimum atomic E-state index is -3.50. The van der Waals surface area contributed by atoms with Crippen LogP contribution in [0.25, 0.3) is 0 Å². The van der Waals surface area contributed by atoms with E-state index in [1.165, 1.54) is 0 Å². The maximum Gasteiger partial charge on any atom is 0.251 e. The number of nitrogens with two attached hydrogens (primary N) is 1. The molecule has 0 aliphatic rings. The molecule has 2 amide bonds. The van der Waals surface area contributed by atoms with Gasteiger partial charge in [-0.2, -0.15) is 0 Å². The van der Waals surface area contributed by atoms with E-state index < -0.39 is 10.0 Å². The molecule has 1 rings (SSSR count). The number of amides is 2. The Kier molecular flexibility index (Phi) is 6.13. The molecule has 1 aromatic carbocycles. The lowest BCUT2D eigenvalue weighted by atomic mass is 10.2. The van der Waals surface area contributed by atoms with Crippen LogP contribution in [0.15, 0.2) is 30.3 Å². The fraction of sp³-hybridized carbons (Fsp3) is 0.333. The predicted octanol–water partition coefficient (Wildman–Crippen LogP) is -0.789. The molecule has 20 heavy (non-hydrogen) atoms. The zero-order valence-electron chi connectivity index (χ0n) is 10.8. The minimum absolute atomic E-state index is 0.164. The molecular formula is C12H17N3O4S. The number of rotatable bonds is 7. The van der Waals surface area contributed by atoms with Gasteiger partial charge in [0, 0.05) is 12.1 Å². The molecule has 0 radical (unpaired) electrons. The van der Waals surface area contributed by atoms with Crippen LogP contribution in [0.4, 0.5) is 0 Å². The third-order valence-corrected chi connectivity index (χ3v) is 3.23. The van der Waals surface area contributed by atoms with Gasteiger partial charge in [0.05, 0.1) is 12.3 Å². The second kappa shape index (κ2) is 7.61. The Hall–Kier alpha value is -1.93. The van der Waals surface area contributed by atoms with Crippen molar-refractivity contribution in [1.82, 2.24) is 10.6 Å². The molecule has 0 saturated carbocycles. The molecule has 0 aliphatic carbocycles. The van der Waals surface area contributed by atoms with Gasteiger partial charge in [0.25, 0.3) is 5.91 Å². The first kappa shape index (κ1) is 16.1. The molecule has 0 fully saturated rings.